The summed E-state index contributed by atoms with van der Waals surface area (Å²) >= 11 is 0. The van der Waals surface area contributed by atoms with Crippen LogP contribution in [0.25, 0.3) is 0 Å². The highest BCUT2D eigenvalue weighted by Crippen LogP contribution is 2.24. The Morgan fingerprint density at radius 1 is 1.32 bits per heavy atom. The Morgan fingerprint density at radius 3 is 2.74 bits per heavy atom. The zero-order chi connectivity index (χ0) is 13.7. The number of hydrogen-bond donors (Lipinski definition) is 2. The van der Waals surface area contributed by atoms with Crippen molar-refractivity contribution in [3.05, 3.63) is 35.9 Å². The largest absolute Gasteiger partial charge is 0.392 e. The van der Waals surface area contributed by atoms with E-state index in [1.807, 2.05) is 0 Å². The van der Waals surface area contributed by atoms with Gasteiger partial charge >= 0.3 is 0 Å². The van der Waals surface area contributed by atoms with Gasteiger partial charge in [0.1, 0.15) is 0 Å². The maximum absolute atomic E-state index is 9.64. The third kappa shape index (κ3) is 4.01. The van der Waals surface area contributed by atoms with Crippen molar-refractivity contribution in [2.45, 2.75) is 18.6 Å². The molecule has 0 saturated carbocycles. The summed E-state index contributed by atoms with van der Waals surface area (Å²) in [6.45, 7) is 4.44. The lowest BCUT2D eigenvalue weighted by Gasteiger charge is -2.40. The molecule has 2 atom stereocenters. The zero-order valence-corrected chi connectivity index (χ0v) is 11.7. The van der Waals surface area contributed by atoms with Crippen molar-refractivity contribution in [1.29, 1.82) is 0 Å². The lowest BCUT2D eigenvalue weighted by molar-refractivity contribution is 0.0706. The average molecular weight is 263 g/mol. The number of rotatable bonds is 5. The second-order valence-electron chi connectivity index (χ2n) is 5.40. The highest BCUT2D eigenvalue weighted by molar-refractivity contribution is 5.20. The number of benzene rings is 1. The van der Waals surface area contributed by atoms with Gasteiger partial charge in [0, 0.05) is 38.8 Å². The number of aliphatic hydroxyl groups is 1. The maximum atomic E-state index is 9.64. The number of nitrogens with zero attached hydrogens (tertiary/aromatic N) is 2. The molecule has 0 aliphatic carbocycles. The maximum Gasteiger partial charge on any atom is 0.0674 e. The fraction of sp³-hybridized carbons (Fsp3) is 0.600. The van der Waals surface area contributed by atoms with Gasteiger partial charge < -0.3 is 15.7 Å². The van der Waals surface area contributed by atoms with Crippen molar-refractivity contribution in [3.8, 4) is 0 Å². The predicted octanol–water partition coefficient (Wildman–Crippen LogP) is 0.685. The van der Waals surface area contributed by atoms with Crippen LogP contribution in [0.2, 0.25) is 0 Å². The summed E-state index contributed by atoms with van der Waals surface area (Å²) < 4.78 is 0. The van der Waals surface area contributed by atoms with Crippen molar-refractivity contribution in [3.63, 3.8) is 0 Å². The van der Waals surface area contributed by atoms with Crippen LogP contribution in [0.5, 0.6) is 0 Å². The molecule has 1 aliphatic heterocycles. The Balaban J connectivity index is 2.02. The third-order valence-electron chi connectivity index (χ3n) is 3.90. The van der Waals surface area contributed by atoms with Crippen LogP contribution in [0.4, 0.5) is 0 Å². The number of likely N-dealkylation sites (N-methyl/N-ethyl adjacent to an activating group) is 1. The van der Waals surface area contributed by atoms with Crippen LogP contribution in [0.15, 0.2) is 30.3 Å². The van der Waals surface area contributed by atoms with Gasteiger partial charge in [0.25, 0.3) is 0 Å². The Hall–Kier alpha value is -0.940. The molecule has 1 aromatic rings. The van der Waals surface area contributed by atoms with E-state index >= 15 is 0 Å². The minimum atomic E-state index is -0.379. The molecule has 1 heterocycles. The van der Waals surface area contributed by atoms with E-state index in [-0.39, 0.29) is 6.10 Å². The summed E-state index contributed by atoms with van der Waals surface area (Å²) in [5, 5.41) is 9.64. The third-order valence-corrected chi connectivity index (χ3v) is 3.90. The van der Waals surface area contributed by atoms with E-state index in [9.17, 15) is 5.11 Å². The van der Waals surface area contributed by atoms with Gasteiger partial charge in [-0.25, -0.2) is 0 Å². The number of aliphatic hydroxyl groups excluding tert-OH is 1. The molecule has 4 nitrogen and oxygen atoms in total. The van der Waals surface area contributed by atoms with Gasteiger partial charge in [-0.2, -0.15) is 0 Å². The lowest BCUT2D eigenvalue weighted by Crippen LogP contribution is -2.47. The molecule has 2 rings (SSSR count). The smallest absolute Gasteiger partial charge is 0.0674 e. The molecule has 0 radical (unpaired) electrons. The first-order valence-electron chi connectivity index (χ1n) is 7.06. The fourth-order valence-electron chi connectivity index (χ4n) is 2.65. The van der Waals surface area contributed by atoms with Gasteiger partial charge in [0.05, 0.1) is 6.10 Å². The summed E-state index contributed by atoms with van der Waals surface area (Å²) in [6, 6.07) is 11.0. The molecule has 0 bridgehead atoms. The van der Waals surface area contributed by atoms with Gasteiger partial charge in [0.15, 0.2) is 0 Å². The van der Waals surface area contributed by atoms with E-state index in [1.165, 1.54) is 5.56 Å². The Morgan fingerprint density at radius 2 is 2.05 bits per heavy atom. The molecule has 1 aliphatic rings. The quantitative estimate of drug-likeness (QED) is 0.820. The van der Waals surface area contributed by atoms with E-state index in [4.69, 9.17) is 5.73 Å². The molecule has 19 heavy (non-hydrogen) atoms. The van der Waals surface area contributed by atoms with Gasteiger partial charge in [0.2, 0.25) is 0 Å². The van der Waals surface area contributed by atoms with Gasteiger partial charge in [-0.1, -0.05) is 30.3 Å². The topological polar surface area (TPSA) is 52.7 Å². The minimum Gasteiger partial charge on any atom is -0.392 e. The summed E-state index contributed by atoms with van der Waals surface area (Å²) in [5.74, 6) is 0. The van der Waals surface area contributed by atoms with Crippen LogP contribution in [-0.4, -0.2) is 60.8 Å². The Labute approximate surface area is 115 Å². The predicted molar refractivity (Wildman–Crippen MR) is 77.9 cm³/mol. The first-order chi connectivity index (χ1) is 9.20. The molecule has 0 amide bonds. The molecule has 4 heteroatoms. The first-order valence-corrected chi connectivity index (χ1v) is 7.06. The number of hydrogen-bond acceptors (Lipinski definition) is 4. The zero-order valence-electron chi connectivity index (χ0n) is 11.7. The van der Waals surface area contributed by atoms with Gasteiger partial charge in [-0.3, -0.25) is 4.90 Å². The highest BCUT2D eigenvalue weighted by Gasteiger charge is 2.26. The molecule has 0 spiro atoms. The minimum absolute atomic E-state index is 0.351. The van der Waals surface area contributed by atoms with E-state index in [0.717, 1.165) is 32.6 Å². The van der Waals surface area contributed by atoms with Crippen LogP contribution in [0, 0.1) is 0 Å². The number of piperazine rings is 1. The highest BCUT2D eigenvalue weighted by atomic mass is 16.3. The van der Waals surface area contributed by atoms with Crippen molar-refractivity contribution < 1.29 is 5.11 Å². The molecule has 1 saturated heterocycles. The standard InChI is InChI=1S/C15H25N3O/c1-17-9-10-18(8-7-14(19)11-16)15(12-17)13-5-3-2-4-6-13/h2-6,14-15,19H,7-12,16H2,1H3. The van der Waals surface area contributed by atoms with Crippen LogP contribution in [0.3, 0.4) is 0 Å². The van der Waals surface area contributed by atoms with Gasteiger partial charge in [-0.05, 0) is 19.0 Å². The SMILES string of the molecule is CN1CCN(CCC(O)CN)C(c2ccccc2)C1. The summed E-state index contributed by atoms with van der Waals surface area (Å²) in [6.07, 6.45) is 0.375. The van der Waals surface area contributed by atoms with Crippen LogP contribution < -0.4 is 5.73 Å². The molecule has 0 aromatic heterocycles. The molecule has 1 fully saturated rings. The fourth-order valence-corrected chi connectivity index (χ4v) is 2.65. The van der Waals surface area contributed by atoms with Crippen LogP contribution >= 0.6 is 0 Å². The monoisotopic (exact) mass is 263 g/mol. The molecule has 1 aromatic carbocycles. The van der Waals surface area contributed by atoms with Crippen LogP contribution in [-0.2, 0) is 0 Å². The van der Waals surface area contributed by atoms with Crippen LogP contribution in [0.1, 0.15) is 18.0 Å². The first kappa shape index (κ1) is 14.5. The van der Waals surface area contributed by atoms with Gasteiger partial charge in [-0.15, -0.1) is 0 Å². The second-order valence-corrected chi connectivity index (χ2v) is 5.40. The summed E-state index contributed by atoms with van der Waals surface area (Å²) in [7, 11) is 2.17. The van der Waals surface area contributed by atoms with E-state index in [0.29, 0.717) is 12.6 Å². The Bertz CT molecular complexity index is 371. The summed E-state index contributed by atoms with van der Waals surface area (Å²) in [4.78, 5) is 4.84. The molecule has 3 N–H and O–H groups in total. The number of nitrogens with two attached hydrogens (primary N) is 1. The molecular weight excluding hydrogens is 238 g/mol. The average Bonchev–Trinajstić information content (AvgIpc) is 2.46. The van der Waals surface area contributed by atoms with E-state index in [1.54, 1.807) is 0 Å². The molecular formula is C15H25N3O. The molecule has 2 unspecified atom stereocenters. The Kier molecular flexibility index (Phi) is 5.34. The lowest BCUT2D eigenvalue weighted by atomic mass is 10.0. The van der Waals surface area contributed by atoms with Crippen molar-refractivity contribution in [2.75, 3.05) is 39.8 Å². The summed E-state index contributed by atoms with van der Waals surface area (Å²) in [5.41, 5.74) is 6.84. The van der Waals surface area contributed by atoms with Crippen molar-refractivity contribution in [2.24, 2.45) is 5.73 Å². The normalized spacial score (nSPS) is 23.4. The van der Waals surface area contributed by atoms with E-state index < -0.39 is 0 Å². The van der Waals surface area contributed by atoms with Crippen molar-refractivity contribution in [1.82, 2.24) is 9.80 Å². The molecule has 106 valence electrons. The van der Waals surface area contributed by atoms with E-state index in [2.05, 4.69) is 47.2 Å². The van der Waals surface area contributed by atoms with Crippen molar-refractivity contribution >= 4 is 0 Å². The second kappa shape index (κ2) is 7.01.